The Morgan fingerprint density at radius 3 is 0.633 bits per heavy atom. The molecule has 18 heteroatoms. The molecule has 18 aromatic carbocycles. The van der Waals surface area contributed by atoms with Gasteiger partial charge in [0, 0.05) is 43.5 Å². The van der Waals surface area contributed by atoms with Gasteiger partial charge in [-0.3, -0.25) is 0 Å². The van der Waals surface area contributed by atoms with Crippen LogP contribution in [0.15, 0.2) is 328 Å². The molecule has 0 unspecified atom stereocenters. The number of rotatable bonds is 0. The van der Waals surface area contributed by atoms with E-state index in [1.54, 1.807) is 0 Å². The number of hydrogen-bond acceptors (Lipinski definition) is 12. The van der Waals surface area contributed by atoms with Crippen molar-refractivity contribution < 1.29 is 56.8 Å². The first-order chi connectivity index (χ1) is 59.5. The van der Waals surface area contributed by atoms with Crippen LogP contribution in [0.5, 0.6) is 138 Å². The Balaban J connectivity index is 0.0000000931. The minimum atomic E-state index is -0.00372. The molecule has 0 amide bonds. The quantitative estimate of drug-likeness (QED) is 0.135. The maximum Gasteiger partial charge on any atom is 0.261 e. The van der Waals surface area contributed by atoms with Crippen molar-refractivity contribution in [3.8, 4) is 138 Å². The van der Waals surface area contributed by atoms with Gasteiger partial charge in [-0.05, 0) is 221 Å². The number of para-hydroxylation sites is 6. The molecular weight excluding hydrogens is 1480 g/mol. The summed E-state index contributed by atoms with van der Waals surface area (Å²) in [6.45, 7) is 0.131. The van der Waals surface area contributed by atoms with Crippen LogP contribution in [-0.2, 0) is 0 Å². The van der Waals surface area contributed by atoms with E-state index in [1.165, 1.54) is 0 Å². The van der Waals surface area contributed by atoms with E-state index >= 15 is 0 Å². The fraction of sp³-hybridized carbons (Fsp3) is 0. The van der Waals surface area contributed by atoms with Crippen LogP contribution in [0.4, 0.5) is 0 Å². The van der Waals surface area contributed by atoms with Crippen LogP contribution in [0.2, 0.25) is 0 Å². The lowest BCUT2D eigenvalue weighted by molar-refractivity contribution is 0.463. The molecular formula is C102H54B6O12. The molecule has 12 aliphatic rings. The fourth-order valence-corrected chi connectivity index (χ4v) is 21.2. The zero-order valence-electron chi connectivity index (χ0n) is 63.5. The molecule has 0 bridgehead atoms. The van der Waals surface area contributed by atoms with Crippen LogP contribution < -0.4 is 155 Å². The smallest absolute Gasteiger partial charge is 0.261 e. The van der Waals surface area contributed by atoms with E-state index in [-0.39, 0.29) is 40.3 Å². The Labute approximate surface area is 689 Å². The summed E-state index contributed by atoms with van der Waals surface area (Å²) in [5.41, 5.74) is 20.3. The standard InChI is InChI=1S/3C34H18B2O4/c1-3-9-25-21(7-1)35-23-15-19-16-24-32(18-20(19)17-31(23)39-29-13-5-11-27(37-25)33(29)35)40-30-14-6-12-28-34(30)36(24)22-8-2-4-10-26(22)38-28;1-3-9-23-21(7-1)35-31-19-15-18-30-32(20(19)16-17-29(31)39-27-13-5-11-25(37-23)33(27)35)36-22-8-2-4-10-24(22)38-26-12-6-14-28(40-30)34(26)36;1-3-9-25-21(7-1)35-23-17-15-20-19(33(23)39-29-13-5-11-27(37-25)31(29)35)16-18-24-34(20)40-30-14-6-12-28-32(30)36(24)22-8-2-4-10-26(22)38-28/h3*1-18H. The second-order valence-electron chi connectivity index (χ2n) is 32.3. The topological polar surface area (TPSA) is 111 Å². The van der Waals surface area contributed by atoms with Gasteiger partial charge in [-0.1, -0.05) is 194 Å². The van der Waals surface area contributed by atoms with E-state index in [4.69, 9.17) is 56.8 Å². The molecule has 552 valence electrons. The van der Waals surface area contributed by atoms with Crippen molar-refractivity contribution in [2.75, 3.05) is 0 Å². The first kappa shape index (κ1) is 64.9. The summed E-state index contributed by atoms with van der Waals surface area (Å²) in [4.78, 5) is 0. The highest BCUT2D eigenvalue weighted by Crippen LogP contribution is 2.47. The summed E-state index contributed by atoms with van der Waals surface area (Å²) < 4.78 is 77.5. The second-order valence-corrected chi connectivity index (χ2v) is 32.3. The van der Waals surface area contributed by atoms with Gasteiger partial charge in [0.05, 0.1) is 0 Å². The minimum absolute atomic E-state index is 0.00372. The molecule has 0 spiro atoms. The van der Waals surface area contributed by atoms with Crippen molar-refractivity contribution >= 4 is 171 Å². The van der Waals surface area contributed by atoms with Gasteiger partial charge in [0.15, 0.2) is 0 Å². The van der Waals surface area contributed by atoms with E-state index in [1.807, 2.05) is 170 Å². The van der Waals surface area contributed by atoms with E-state index in [0.717, 1.165) is 269 Å². The summed E-state index contributed by atoms with van der Waals surface area (Å²) in [5, 5.41) is 6.63. The molecule has 30 rings (SSSR count). The van der Waals surface area contributed by atoms with Gasteiger partial charge in [0.25, 0.3) is 40.3 Å². The third-order valence-electron chi connectivity index (χ3n) is 26.2. The Bertz CT molecular complexity index is 7270. The van der Waals surface area contributed by atoms with Crippen LogP contribution in [0.25, 0.3) is 32.3 Å². The van der Waals surface area contributed by atoms with Crippen LogP contribution in [-0.4, -0.2) is 40.3 Å². The molecule has 0 aliphatic carbocycles. The molecule has 120 heavy (non-hydrogen) atoms. The summed E-state index contributed by atoms with van der Waals surface area (Å²) in [5.74, 6) is 20.8. The minimum Gasteiger partial charge on any atom is -0.458 e. The molecule has 12 heterocycles. The lowest BCUT2D eigenvalue weighted by Gasteiger charge is -2.35. The van der Waals surface area contributed by atoms with Crippen molar-refractivity contribution in [2.45, 2.75) is 0 Å². The number of benzene rings is 18. The monoisotopic (exact) mass is 1540 g/mol. The molecule has 0 aromatic heterocycles. The lowest BCUT2D eigenvalue weighted by atomic mass is 9.33. The molecule has 12 aliphatic heterocycles. The van der Waals surface area contributed by atoms with E-state index < -0.39 is 0 Å². The third kappa shape index (κ3) is 9.05. The average molecular weight is 1540 g/mol. The Kier molecular flexibility index (Phi) is 13.1. The van der Waals surface area contributed by atoms with Crippen molar-refractivity contribution in [1.82, 2.24) is 0 Å². The number of hydrogen-bond donors (Lipinski definition) is 0. The number of ether oxygens (including phenoxy) is 12. The third-order valence-corrected chi connectivity index (χ3v) is 26.2. The molecule has 18 aromatic rings. The van der Waals surface area contributed by atoms with Crippen LogP contribution in [0.3, 0.4) is 0 Å². The predicted molar refractivity (Wildman–Crippen MR) is 478 cm³/mol. The van der Waals surface area contributed by atoms with E-state index in [2.05, 4.69) is 158 Å². The largest absolute Gasteiger partial charge is 0.458 e. The molecule has 0 atom stereocenters. The average Bonchev–Trinajstić information content (AvgIpc) is 0.685. The van der Waals surface area contributed by atoms with Crippen molar-refractivity contribution in [1.29, 1.82) is 0 Å². The van der Waals surface area contributed by atoms with Crippen LogP contribution in [0.1, 0.15) is 0 Å². The van der Waals surface area contributed by atoms with Crippen molar-refractivity contribution in [3.63, 3.8) is 0 Å². The molecule has 12 nitrogen and oxygen atoms in total. The van der Waals surface area contributed by atoms with E-state index in [9.17, 15) is 0 Å². The SMILES string of the molecule is c1ccc2c(c1)Oc1cccc3c1B2c1c(ccc2c4c(ccc12)Oc1cccc2c1B4c1ccccc1O2)O3.c1ccc2c(c1)Oc1cccc3c1B2c1cc2cc4c(cc2cc1O3)Oc1cccc2c1B4c1ccccc1O2.c1ccc2c(c1)Oc1cccc3c1B2c1ccc2c4c(ccc2c1O3)B1c2ccccc2Oc2cccc(c21)O4. The molecule has 0 radical (unpaired) electrons. The predicted octanol–water partition coefficient (Wildman–Crippen LogP) is 12.9. The summed E-state index contributed by atoms with van der Waals surface area (Å²) in [6.07, 6.45) is 0. The van der Waals surface area contributed by atoms with Crippen LogP contribution >= 0.6 is 0 Å². The Morgan fingerprint density at radius 2 is 0.333 bits per heavy atom. The first-order valence-electron chi connectivity index (χ1n) is 40.7. The maximum absolute atomic E-state index is 6.70. The normalized spacial score (nSPS) is 14.2. The van der Waals surface area contributed by atoms with E-state index in [0.29, 0.717) is 0 Å². The van der Waals surface area contributed by atoms with Gasteiger partial charge in [0.2, 0.25) is 0 Å². The highest BCUT2D eigenvalue weighted by molar-refractivity contribution is 7.03. The number of fused-ring (bicyclic) bond motifs is 31. The highest BCUT2D eigenvalue weighted by atomic mass is 16.5. The molecule has 0 saturated heterocycles. The van der Waals surface area contributed by atoms with Crippen molar-refractivity contribution in [3.05, 3.63) is 328 Å². The summed E-state index contributed by atoms with van der Waals surface area (Å²) in [6, 6.07) is 113. The molecule has 0 N–H and O–H groups in total. The first-order valence-corrected chi connectivity index (χ1v) is 40.7. The fourth-order valence-electron chi connectivity index (χ4n) is 21.2. The molecule has 0 fully saturated rings. The second kappa shape index (κ2) is 24.2. The molecule has 0 saturated carbocycles. The zero-order chi connectivity index (χ0) is 77.8. The van der Waals surface area contributed by atoms with Gasteiger partial charge in [-0.2, -0.15) is 0 Å². The van der Waals surface area contributed by atoms with Gasteiger partial charge >= 0.3 is 0 Å². The summed E-state index contributed by atoms with van der Waals surface area (Å²) in [7, 11) is 0. The van der Waals surface area contributed by atoms with Gasteiger partial charge < -0.3 is 56.8 Å². The zero-order valence-corrected chi connectivity index (χ0v) is 63.5. The van der Waals surface area contributed by atoms with Crippen molar-refractivity contribution in [2.24, 2.45) is 0 Å². The van der Waals surface area contributed by atoms with Gasteiger partial charge in [-0.25, -0.2) is 0 Å². The highest BCUT2D eigenvalue weighted by Gasteiger charge is 2.49. The Morgan fingerprint density at radius 1 is 0.125 bits per heavy atom. The van der Waals surface area contributed by atoms with Gasteiger partial charge in [0.1, 0.15) is 138 Å². The summed E-state index contributed by atoms with van der Waals surface area (Å²) >= 11 is 0. The van der Waals surface area contributed by atoms with Crippen LogP contribution in [0, 0.1) is 0 Å². The maximum atomic E-state index is 6.70. The lowest BCUT2D eigenvalue weighted by Crippen LogP contribution is -2.59. The van der Waals surface area contributed by atoms with Gasteiger partial charge in [-0.15, -0.1) is 0 Å². The Hall–Kier alpha value is -15.3.